The topological polar surface area (TPSA) is 110 Å². The molecule has 0 aliphatic rings. The Morgan fingerprint density at radius 3 is 2.56 bits per heavy atom. The number of carbonyl (C=O) groups excluding carboxylic acids is 3. The SMILES string of the molecule is O=C(CNC(=O)c1ccc(Cl)cc1)NN=Cc1cc(Br)cc(Br)c1OC(=O)c1ccco1. The van der Waals surface area contributed by atoms with Crippen LogP contribution in [0, 0.1) is 0 Å². The smallest absolute Gasteiger partial charge is 0.379 e. The normalized spacial score (nSPS) is 10.7. The number of ether oxygens (including phenoxy) is 1. The molecule has 0 bridgehead atoms. The van der Waals surface area contributed by atoms with Crippen molar-refractivity contribution >= 4 is 67.5 Å². The molecule has 0 saturated heterocycles. The van der Waals surface area contributed by atoms with Gasteiger partial charge >= 0.3 is 5.97 Å². The van der Waals surface area contributed by atoms with Crippen molar-refractivity contribution in [1.29, 1.82) is 0 Å². The van der Waals surface area contributed by atoms with E-state index in [2.05, 4.69) is 47.7 Å². The molecule has 2 amide bonds. The zero-order valence-corrected chi connectivity index (χ0v) is 20.0. The number of nitrogens with zero attached hydrogens (tertiary/aromatic N) is 1. The van der Waals surface area contributed by atoms with Crippen LogP contribution >= 0.6 is 43.5 Å². The Kier molecular flexibility index (Phi) is 8.20. The molecule has 11 heteroatoms. The van der Waals surface area contributed by atoms with Gasteiger partial charge in [-0.1, -0.05) is 27.5 Å². The second kappa shape index (κ2) is 11.1. The van der Waals surface area contributed by atoms with Crippen molar-refractivity contribution in [3.05, 3.63) is 85.6 Å². The highest BCUT2D eigenvalue weighted by Crippen LogP contribution is 2.32. The van der Waals surface area contributed by atoms with Crippen molar-refractivity contribution in [2.24, 2.45) is 5.10 Å². The summed E-state index contributed by atoms with van der Waals surface area (Å²) in [6.45, 7) is -0.290. The van der Waals surface area contributed by atoms with Crippen LogP contribution in [-0.2, 0) is 4.79 Å². The fourth-order valence-corrected chi connectivity index (χ4v) is 3.86. The van der Waals surface area contributed by atoms with Gasteiger partial charge in [0.2, 0.25) is 5.76 Å². The summed E-state index contributed by atoms with van der Waals surface area (Å²) in [4.78, 5) is 36.3. The molecule has 0 aliphatic carbocycles. The lowest BCUT2D eigenvalue weighted by Gasteiger charge is -2.09. The number of hydrogen-bond donors (Lipinski definition) is 2. The minimum Gasteiger partial charge on any atom is -0.457 e. The number of hydrazone groups is 1. The Morgan fingerprint density at radius 1 is 1.12 bits per heavy atom. The predicted octanol–water partition coefficient (Wildman–Crippen LogP) is 4.56. The highest BCUT2D eigenvalue weighted by atomic mass is 79.9. The van der Waals surface area contributed by atoms with Gasteiger partial charge in [-0.05, 0) is 64.5 Å². The Morgan fingerprint density at radius 2 is 1.88 bits per heavy atom. The lowest BCUT2D eigenvalue weighted by Crippen LogP contribution is -2.34. The molecule has 164 valence electrons. The molecule has 3 rings (SSSR count). The van der Waals surface area contributed by atoms with Crippen LogP contribution in [0.1, 0.15) is 26.5 Å². The zero-order chi connectivity index (χ0) is 23.1. The summed E-state index contributed by atoms with van der Waals surface area (Å²) in [7, 11) is 0. The number of esters is 1. The van der Waals surface area contributed by atoms with Crippen LogP contribution in [0.25, 0.3) is 0 Å². The summed E-state index contributed by atoms with van der Waals surface area (Å²) in [6, 6.07) is 12.6. The van der Waals surface area contributed by atoms with Crippen LogP contribution in [0.4, 0.5) is 0 Å². The molecule has 32 heavy (non-hydrogen) atoms. The first-order valence-electron chi connectivity index (χ1n) is 8.94. The van der Waals surface area contributed by atoms with Gasteiger partial charge in [-0.15, -0.1) is 0 Å². The van der Waals surface area contributed by atoms with Crippen LogP contribution in [0.3, 0.4) is 0 Å². The summed E-state index contributed by atoms with van der Waals surface area (Å²) in [6.07, 6.45) is 2.66. The monoisotopic (exact) mass is 581 g/mol. The van der Waals surface area contributed by atoms with Crippen LogP contribution in [0.5, 0.6) is 5.75 Å². The molecular formula is C21H14Br2ClN3O5. The molecule has 0 saturated carbocycles. The lowest BCUT2D eigenvalue weighted by molar-refractivity contribution is -0.120. The second-order valence-electron chi connectivity index (χ2n) is 6.16. The highest BCUT2D eigenvalue weighted by molar-refractivity contribution is 9.11. The van der Waals surface area contributed by atoms with E-state index in [1.807, 2.05) is 0 Å². The van der Waals surface area contributed by atoms with Gasteiger partial charge in [0.25, 0.3) is 11.8 Å². The maximum Gasteiger partial charge on any atom is 0.379 e. The number of rotatable bonds is 7. The molecule has 0 aliphatic heterocycles. The van der Waals surface area contributed by atoms with E-state index >= 15 is 0 Å². The Hall–Kier alpha value is -2.95. The molecule has 0 atom stereocenters. The van der Waals surface area contributed by atoms with Crippen LogP contribution in [0.15, 0.2) is 73.3 Å². The number of hydrogen-bond acceptors (Lipinski definition) is 6. The first kappa shape index (κ1) is 23.7. The van der Waals surface area contributed by atoms with Gasteiger partial charge < -0.3 is 14.5 Å². The minimum absolute atomic E-state index is 0.0347. The van der Waals surface area contributed by atoms with E-state index in [9.17, 15) is 14.4 Å². The van der Waals surface area contributed by atoms with Crippen LogP contribution in [-0.4, -0.2) is 30.5 Å². The summed E-state index contributed by atoms with van der Waals surface area (Å²) in [5.41, 5.74) is 3.07. The van der Waals surface area contributed by atoms with E-state index in [0.717, 1.165) is 0 Å². The van der Waals surface area contributed by atoms with Crippen molar-refractivity contribution in [2.75, 3.05) is 6.54 Å². The van der Waals surface area contributed by atoms with E-state index in [4.69, 9.17) is 20.8 Å². The van der Waals surface area contributed by atoms with Crippen molar-refractivity contribution in [1.82, 2.24) is 10.7 Å². The molecule has 1 aromatic heterocycles. The summed E-state index contributed by atoms with van der Waals surface area (Å²) in [5, 5.41) is 6.84. The van der Waals surface area contributed by atoms with E-state index in [0.29, 0.717) is 25.1 Å². The third kappa shape index (κ3) is 6.52. The van der Waals surface area contributed by atoms with E-state index in [1.54, 1.807) is 42.5 Å². The van der Waals surface area contributed by atoms with E-state index in [-0.39, 0.29) is 18.1 Å². The average Bonchev–Trinajstić information content (AvgIpc) is 3.30. The molecule has 2 aromatic carbocycles. The van der Waals surface area contributed by atoms with Gasteiger partial charge in [0.1, 0.15) is 0 Å². The van der Waals surface area contributed by atoms with Gasteiger partial charge in [-0.25, -0.2) is 10.2 Å². The molecule has 0 spiro atoms. The summed E-state index contributed by atoms with van der Waals surface area (Å²) in [5.74, 6) is -1.45. The zero-order valence-electron chi connectivity index (χ0n) is 16.1. The average molecular weight is 584 g/mol. The minimum atomic E-state index is -0.693. The van der Waals surface area contributed by atoms with Crippen molar-refractivity contribution in [2.45, 2.75) is 0 Å². The number of halogens is 3. The number of nitrogens with one attached hydrogen (secondary N) is 2. The number of benzene rings is 2. The summed E-state index contributed by atoms with van der Waals surface area (Å²) < 4.78 is 11.6. The van der Waals surface area contributed by atoms with Gasteiger partial charge in [-0.3, -0.25) is 9.59 Å². The molecule has 3 aromatic rings. The van der Waals surface area contributed by atoms with Gasteiger partial charge in [-0.2, -0.15) is 5.10 Å². The second-order valence-corrected chi connectivity index (χ2v) is 8.36. The predicted molar refractivity (Wildman–Crippen MR) is 125 cm³/mol. The first-order chi connectivity index (χ1) is 15.3. The van der Waals surface area contributed by atoms with E-state index < -0.39 is 17.8 Å². The lowest BCUT2D eigenvalue weighted by atomic mass is 10.2. The molecule has 2 N–H and O–H groups in total. The molecule has 8 nitrogen and oxygen atoms in total. The number of furan rings is 1. The van der Waals surface area contributed by atoms with Gasteiger partial charge in [0.05, 0.1) is 23.5 Å². The number of carbonyl (C=O) groups is 3. The molecule has 1 heterocycles. The maximum atomic E-state index is 12.2. The maximum absolute atomic E-state index is 12.2. The van der Waals surface area contributed by atoms with Gasteiger partial charge in [0.15, 0.2) is 5.75 Å². The Balaban J connectivity index is 1.61. The van der Waals surface area contributed by atoms with Crippen molar-refractivity contribution < 1.29 is 23.5 Å². The Labute approximate surface area is 204 Å². The molecule has 0 fully saturated rings. The van der Waals surface area contributed by atoms with Crippen LogP contribution < -0.4 is 15.5 Å². The molecular weight excluding hydrogens is 570 g/mol. The molecule has 0 unspecified atom stereocenters. The fourth-order valence-electron chi connectivity index (χ4n) is 2.40. The fraction of sp³-hybridized carbons (Fsp3) is 0.0476. The van der Waals surface area contributed by atoms with E-state index in [1.165, 1.54) is 18.5 Å². The van der Waals surface area contributed by atoms with Gasteiger partial charge in [0, 0.05) is 20.6 Å². The number of amides is 2. The Bertz CT molecular complexity index is 1160. The third-order valence-electron chi connectivity index (χ3n) is 3.86. The van der Waals surface area contributed by atoms with Crippen molar-refractivity contribution in [3.63, 3.8) is 0 Å². The quantitative estimate of drug-likeness (QED) is 0.184. The van der Waals surface area contributed by atoms with Crippen LogP contribution in [0.2, 0.25) is 5.02 Å². The first-order valence-corrected chi connectivity index (χ1v) is 10.9. The van der Waals surface area contributed by atoms with Crippen molar-refractivity contribution in [3.8, 4) is 5.75 Å². The largest absolute Gasteiger partial charge is 0.457 e. The highest BCUT2D eigenvalue weighted by Gasteiger charge is 2.17. The standard InChI is InChI=1S/C21H14Br2ClN3O5/c22-14-8-13(19(16(23)9-14)32-21(30)17-2-1-7-31-17)10-26-27-18(28)11-25-20(29)12-3-5-15(24)6-4-12/h1-10H,11H2,(H,25,29)(H,27,28). The third-order valence-corrected chi connectivity index (χ3v) is 5.16. The molecule has 0 radical (unpaired) electrons. The summed E-state index contributed by atoms with van der Waals surface area (Å²) >= 11 is 12.5.